The van der Waals surface area contributed by atoms with Gasteiger partial charge in [-0.05, 0) is 48.9 Å². The predicted molar refractivity (Wildman–Crippen MR) is 126 cm³/mol. The summed E-state index contributed by atoms with van der Waals surface area (Å²) in [6.07, 6.45) is 6.33. The number of pyridine rings is 1. The summed E-state index contributed by atoms with van der Waals surface area (Å²) < 4.78 is 21.3. The second kappa shape index (κ2) is 9.45. The normalized spacial score (nSPS) is 10.9. The van der Waals surface area contributed by atoms with E-state index in [1.54, 1.807) is 29.2 Å². The molecule has 0 aliphatic carbocycles. The molecule has 4 aromatic rings. The minimum atomic E-state index is -0.285. The van der Waals surface area contributed by atoms with Gasteiger partial charge in [-0.2, -0.15) is 5.10 Å². The number of halogens is 2. The van der Waals surface area contributed by atoms with Gasteiger partial charge in [-0.15, -0.1) is 0 Å². The molecule has 0 unspecified atom stereocenters. The van der Waals surface area contributed by atoms with Crippen molar-refractivity contribution in [2.75, 3.05) is 10.5 Å². The highest BCUT2D eigenvalue weighted by molar-refractivity contribution is 9.10. The second-order valence-electron chi connectivity index (χ2n) is 6.67. The Morgan fingerprint density at radius 1 is 1.03 bits per heavy atom. The van der Waals surface area contributed by atoms with Crippen molar-refractivity contribution >= 4 is 33.6 Å². The number of rotatable bonds is 7. The van der Waals surface area contributed by atoms with Crippen LogP contribution in [0.2, 0.25) is 0 Å². The fourth-order valence-corrected chi connectivity index (χ4v) is 3.95. The summed E-state index contributed by atoms with van der Waals surface area (Å²) >= 11 is 4.96. The van der Waals surface area contributed by atoms with Gasteiger partial charge in [0.1, 0.15) is 5.69 Å². The molecular weight excluding hydrogens is 463 g/mol. The fraction of sp³-hybridized carbons (Fsp3) is 0.130. The maximum absolute atomic E-state index is 15.4. The number of nitrogens with one attached hydrogen (secondary N) is 1. The van der Waals surface area contributed by atoms with Crippen molar-refractivity contribution in [2.24, 2.45) is 0 Å². The molecule has 0 bridgehead atoms. The van der Waals surface area contributed by atoms with E-state index in [0.717, 1.165) is 33.5 Å². The average molecular weight is 483 g/mol. The van der Waals surface area contributed by atoms with Gasteiger partial charge >= 0.3 is 0 Å². The highest BCUT2D eigenvalue weighted by atomic mass is 79.9. The van der Waals surface area contributed by atoms with E-state index in [1.165, 1.54) is 11.9 Å². The Kier molecular flexibility index (Phi) is 6.50. The van der Waals surface area contributed by atoms with Crippen molar-refractivity contribution in [2.45, 2.75) is 13.3 Å². The van der Waals surface area contributed by atoms with Crippen LogP contribution in [-0.2, 0) is 0 Å². The van der Waals surface area contributed by atoms with Gasteiger partial charge in [0.2, 0.25) is 0 Å². The zero-order chi connectivity index (χ0) is 20.9. The van der Waals surface area contributed by atoms with E-state index in [1.807, 2.05) is 48.7 Å². The van der Waals surface area contributed by atoms with Gasteiger partial charge in [0.25, 0.3) is 0 Å². The Balaban J connectivity index is 1.82. The fourth-order valence-electron chi connectivity index (χ4n) is 3.07. The molecule has 0 amide bonds. The SMILES string of the molecule is CCCSNc1cccc(-c2cn(-c3ccc(Br)cc3)nc2-c2ccncc2)c1F. The highest BCUT2D eigenvalue weighted by Gasteiger charge is 2.19. The smallest absolute Gasteiger partial charge is 0.155 e. The predicted octanol–water partition coefficient (Wildman–Crippen LogP) is 6.97. The molecule has 4 nitrogen and oxygen atoms in total. The monoisotopic (exact) mass is 482 g/mol. The minimum absolute atomic E-state index is 0.285. The van der Waals surface area contributed by atoms with Crippen LogP contribution in [0, 0.1) is 5.82 Å². The van der Waals surface area contributed by atoms with Gasteiger partial charge in [0.05, 0.1) is 11.4 Å². The first-order chi connectivity index (χ1) is 14.7. The van der Waals surface area contributed by atoms with Crippen LogP contribution in [0.15, 0.2) is 77.7 Å². The topological polar surface area (TPSA) is 42.7 Å². The van der Waals surface area contributed by atoms with Gasteiger partial charge in [-0.25, -0.2) is 9.07 Å². The maximum Gasteiger partial charge on any atom is 0.155 e. The lowest BCUT2D eigenvalue weighted by Gasteiger charge is -2.10. The number of hydrogen-bond acceptors (Lipinski definition) is 4. The van der Waals surface area contributed by atoms with Gasteiger partial charge in [0.15, 0.2) is 5.82 Å². The van der Waals surface area contributed by atoms with Crippen molar-refractivity contribution in [3.05, 3.63) is 83.5 Å². The van der Waals surface area contributed by atoms with Crippen molar-refractivity contribution in [1.29, 1.82) is 0 Å². The molecule has 0 atom stereocenters. The summed E-state index contributed by atoms with van der Waals surface area (Å²) in [4.78, 5) is 4.09. The van der Waals surface area contributed by atoms with E-state index in [0.29, 0.717) is 16.9 Å². The Morgan fingerprint density at radius 3 is 2.53 bits per heavy atom. The summed E-state index contributed by atoms with van der Waals surface area (Å²) in [5.74, 6) is 0.625. The first kappa shape index (κ1) is 20.6. The minimum Gasteiger partial charge on any atom is -0.327 e. The van der Waals surface area contributed by atoms with Crippen molar-refractivity contribution < 1.29 is 4.39 Å². The van der Waals surface area contributed by atoms with Crippen molar-refractivity contribution in [3.8, 4) is 28.1 Å². The zero-order valence-electron chi connectivity index (χ0n) is 16.3. The molecule has 152 valence electrons. The Morgan fingerprint density at radius 2 is 1.80 bits per heavy atom. The molecule has 2 aromatic heterocycles. The lowest BCUT2D eigenvalue weighted by Crippen LogP contribution is -1.95. The lowest BCUT2D eigenvalue weighted by atomic mass is 10.0. The number of nitrogens with zero attached hydrogens (tertiary/aromatic N) is 3. The number of anilines is 1. The zero-order valence-corrected chi connectivity index (χ0v) is 18.8. The second-order valence-corrected chi connectivity index (χ2v) is 8.48. The summed E-state index contributed by atoms with van der Waals surface area (Å²) in [5.41, 5.74) is 4.19. The molecule has 0 fully saturated rings. The van der Waals surface area contributed by atoms with Crippen LogP contribution in [0.5, 0.6) is 0 Å². The van der Waals surface area contributed by atoms with E-state index < -0.39 is 0 Å². The lowest BCUT2D eigenvalue weighted by molar-refractivity contribution is 0.636. The van der Waals surface area contributed by atoms with E-state index in [9.17, 15) is 0 Å². The quantitative estimate of drug-likeness (QED) is 0.228. The van der Waals surface area contributed by atoms with Crippen molar-refractivity contribution in [3.63, 3.8) is 0 Å². The summed E-state index contributed by atoms with van der Waals surface area (Å²) in [6, 6.07) is 17.0. The largest absolute Gasteiger partial charge is 0.327 e. The van der Waals surface area contributed by atoms with Gasteiger partial charge in [0, 0.05) is 45.5 Å². The number of hydrogen-bond donors (Lipinski definition) is 1. The molecule has 0 aliphatic rings. The molecule has 0 aliphatic heterocycles. The third-order valence-corrected chi connectivity index (χ3v) is 6.04. The third kappa shape index (κ3) is 4.42. The average Bonchev–Trinajstić information content (AvgIpc) is 3.21. The van der Waals surface area contributed by atoms with Crippen LogP contribution in [-0.4, -0.2) is 20.5 Å². The summed E-state index contributed by atoms with van der Waals surface area (Å²) in [7, 11) is 0. The van der Waals surface area contributed by atoms with Crippen LogP contribution < -0.4 is 4.72 Å². The maximum atomic E-state index is 15.4. The van der Waals surface area contributed by atoms with Crippen LogP contribution >= 0.6 is 27.9 Å². The Bertz CT molecular complexity index is 1130. The molecular formula is C23H20BrFN4S. The Labute approximate surface area is 187 Å². The highest BCUT2D eigenvalue weighted by Crippen LogP contribution is 2.36. The molecule has 0 saturated carbocycles. The van der Waals surface area contributed by atoms with Crippen LogP contribution in [0.3, 0.4) is 0 Å². The first-order valence-corrected chi connectivity index (χ1v) is 11.4. The van der Waals surface area contributed by atoms with Crippen molar-refractivity contribution in [1.82, 2.24) is 14.8 Å². The number of aromatic nitrogens is 3. The van der Waals surface area contributed by atoms with E-state index in [4.69, 9.17) is 5.10 Å². The molecule has 0 radical (unpaired) electrons. The Hall–Kier alpha value is -2.64. The standard InChI is InChI=1S/C23H20BrFN4S/c1-2-14-30-28-21-5-3-4-19(22(21)25)20-15-29(18-8-6-17(24)7-9-18)27-23(20)16-10-12-26-13-11-16/h3-13,15,28H,2,14H2,1H3. The molecule has 4 rings (SSSR count). The first-order valence-electron chi connectivity index (χ1n) is 9.60. The van der Waals surface area contributed by atoms with Crippen LogP contribution in [0.4, 0.5) is 10.1 Å². The molecule has 7 heteroatoms. The molecule has 2 heterocycles. The third-order valence-electron chi connectivity index (χ3n) is 4.54. The molecule has 2 aromatic carbocycles. The molecule has 30 heavy (non-hydrogen) atoms. The van der Waals surface area contributed by atoms with Gasteiger partial charge in [-0.3, -0.25) is 4.98 Å². The van der Waals surface area contributed by atoms with Crippen LogP contribution in [0.25, 0.3) is 28.1 Å². The van der Waals surface area contributed by atoms with Gasteiger partial charge in [-0.1, -0.05) is 46.9 Å². The van der Waals surface area contributed by atoms with Gasteiger partial charge < -0.3 is 4.72 Å². The summed E-state index contributed by atoms with van der Waals surface area (Å²) in [6.45, 7) is 2.10. The van der Waals surface area contributed by atoms with E-state index >= 15 is 4.39 Å². The van der Waals surface area contributed by atoms with E-state index in [2.05, 4.69) is 32.6 Å². The van der Waals surface area contributed by atoms with Crippen LogP contribution in [0.1, 0.15) is 13.3 Å². The molecule has 0 saturated heterocycles. The number of benzene rings is 2. The molecule has 1 N–H and O–H groups in total. The molecule has 0 spiro atoms. The summed E-state index contributed by atoms with van der Waals surface area (Å²) in [5, 5.41) is 4.78. The van der Waals surface area contributed by atoms with E-state index in [-0.39, 0.29) is 5.82 Å².